The minimum absolute atomic E-state index is 0.0635. The molecule has 1 amide bonds. The van der Waals surface area contributed by atoms with E-state index in [0.717, 1.165) is 25.7 Å². The Bertz CT molecular complexity index is 1210. The number of hydrogen-bond donors (Lipinski definition) is 2. The predicted octanol–water partition coefficient (Wildman–Crippen LogP) is 3.87. The highest BCUT2D eigenvalue weighted by Crippen LogP contribution is 2.37. The molecule has 1 aliphatic carbocycles. The Kier molecular flexibility index (Phi) is 6.49. The largest absolute Gasteiger partial charge is 0.494 e. The number of ether oxygens (including phenoxy) is 1. The third kappa shape index (κ3) is 4.35. The number of amides is 1. The van der Waals surface area contributed by atoms with E-state index in [1.165, 1.54) is 17.6 Å². The molecular formula is C26H29N3O4. The van der Waals surface area contributed by atoms with E-state index >= 15 is 0 Å². The summed E-state index contributed by atoms with van der Waals surface area (Å²) in [7, 11) is 4.79. The highest BCUT2D eigenvalue weighted by molar-refractivity contribution is 5.99. The van der Waals surface area contributed by atoms with E-state index < -0.39 is 10.9 Å². The van der Waals surface area contributed by atoms with E-state index in [1.807, 2.05) is 18.2 Å². The van der Waals surface area contributed by atoms with Crippen LogP contribution in [0.15, 0.2) is 58.1 Å². The van der Waals surface area contributed by atoms with Gasteiger partial charge in [0.05, 0.1) is 18.4 Å². The molecule has 4 rings (SSSR count). The van der Waals surface area contributed by atoms with Crippen LogP contribution in [0.3, 0.4) is 0 Å². The van der Waals surface area contributed by atoms with E-state index in [1.54, 1.807) is 32.3 Å². The first-order chi connectivity index (χ1) is 15.9. The topological polar surface area (TPSA) is 87.7 Å². The molecule has 7 heteroatoms. The lowest BCUT2D eigenvalue weighted by Gasteiger charge is -2.34. The molecule has 0 saturated heterocycles. The van der Waals surface area contributed by atoms with Crippen molar-refractivity contribution in [3.63, 3.8) is 0 Å². The maximum atomic E-state index is 12.5. The van der Waals surface area contributed by atoms with Crippen LogP contribution in [0.4, 0.5) is 17.1 Å². The molecule has 1 saturated carbocycles. The van der Waals surface area contributed by atoms with E-state index in [0.29, 0.717) is 22.7 Å². The van der Waals surface area contributed by atoms with Crippen LogP contribution >= 0.6 is 0 Å². The maximum absolute atomic E-state index is 12.5. The van der Waals surface area contributed by atoms with Crippen LogP contribution in [0.5, 0.6) is 5.75 Å². The van der Waals surface area contributed by atoms with Gasteiger partial charge in [0.25, 0.3) is 16.8 Å². The van der Waals surface area contributed by atoms with Gasteiger partial charge in [0.1, 0.15) is 11.4 Å². The number of carbonyl (C=O) groups is 1. The number of carbonyl (C=O) groups excluding carboxylic acids is 1. The summed E-state index contributed by atoms with van der Waals surface area (Å²) in [5, 5.41) is 6.44. The fourth-order valence-electron chi connectivity index (χ4n) is 4.64. The molecule has 0 bridgehead atoms. The molecule has 7 nitrogen and oxygen atoms in total. The number of methoxy groups -OCH3 is 1. The number of benzene rings is 2. The first-order valence-electron chi connectivity index (χ1n) is 11.2. The van der Waals surface area contributed by atoms with Gasteiger partial charge in [-0.2, -0.15) is 0 Å². The van der Waals surface area contributed by atoms with Crippen molar-refractivity contribution < 1.29 is 9.53 Å². The normalized spacial score (nSPS) is 18.0. The Morgan fingerprint density at radius 3 is 2.33 bits per heavy atom. The van der Waals surface area contributed by atoms with Crippen molar-refractivity contribution in [2.24, 2.45) is 0 Å². The van der Waals surface area contributed by atoms with Gasteiger partial charge in [-0.25, -0.2) is 0 Å². The van der Waals surface area contributed by atoms with E-state index in [2.05, 4.69) is 22.8 Å². The number of rotatable bonds is 7. The predicted molar refractivity (Wildman–Crippen MR) is 131 cm³/mol. The zero-order valence-corrected chi connectivity index (χ0v) is 19.2. The lowest BCUT2D eigenvalue weighted by molar-refractivity contribution is 0.0824. The number of nitrogens with one attached hydrogen (secondary N) is 2. The molecular weight excluding hydrogens is 418 g/mol. The molecule has 0 spiro atoms. The fourth-order valence-corrected chi connectivity index (χ4v) is 4.64. The standard InChI is InChI=1S/C26H29N3O4/c1-29(2)26(32)18-13-9-15-20(25(18)33-3)28-22-21(23(30)24(22)31)27-19-14-8-7-12-17(19)16-10-5-4-6-11-16/h4-6,9-11,13,15,17,19,27-28H,7-8,12,14H2,1-3H3/t17-,19+/m0/s1. The van der Waals surface area contributed by atoms with Crippen molar-refractivity contribution in [3.05, 3.63) is 80.1 Å². The van der Waals surface area contributed by atoms with E-state index in [4.69, 9.17) is 4.74 Å². The van der Waals surface area contributed by atoms with Crippen molar-refractivity contribution in [1.82, 2.24) is 4.90 Å². The van der Waals surface area contributed by atoms with Gasteiger partial charge in [-0.15, -0.1) is 0 Å². The molecule has 172 valence electrons. The number of nitrogens with zero attached hydrogens (tertiary/aromatic N) is 1. The number of hydrogen-bond acceptors (Lipinski definition) is 6. The van der Waals surface area contributed by atoms with Crippen LogP contribution in [-0.2, 0) is 0 Å². The smallest absolute Gasteiger partial charge is 0.257 e. The van der Waals surface area contributed by atoms with Gasteiger partial charge in [-0.05, 0) is 30.5 Å². The average molecular weight is 448 g/mol. The first-order valence-corrected chi connectivity index (χ1v) is 11.2. The van der Waals surface area contributed by atoms with E-state index in [-0.39, 0.29) is 23.6 Å². The second-order valence-corrected chi connectivity index (χ2v) is 8.67. The lowest BCUT2D eigenvalue weighted by atomic mass is 9.79. The molecule has 2 atom stereocenters. The Morgan fingerprint density at radius 1 is 0.939 bits per heavy atom. The first kappa shape index (κ1) is 22.6. The third-order valence-electron chi connectivity index (χ3n) is 6.35. The van der Waals surface area contributed by atoms with Crippen LogP contribution in [0.2, 0.25) is 0 Å². The molecule has 1 fully saturated rings. The van der Waals surface area contributed by atoms with Gasteiger partial charge in [-0.3, -0.25) is 14.4 Å². The summed E-state index contributed by atoms with van der Waals surface area (Å²) in [4.78, 5) is 39.0. The third-order valence-corrected chi connectivity index (χ3v) is 6.35. The Balaban J connectivity index is 1.62. The highest BCUT2D eigenvalue weighted by Gasteiger charge is 2.31. The molecule has 0 unspecified atom stereocenters. The number of para-hydroxylation sites is 1. The van der Waals surface area contributed by atoms with Crippen LogP contribution in [0.1, 0.15) is 47.5 Å². The van der Waals surface area contributed by atoms with Gasteiger partial charge in [0.2, 0.25) is 0 Å². The quantitative estimate of drug-likeness (QED) is 0.535. The van der Waals surface area contributed by atoms with Gasteiger partial charge < -0.3 is 20.3 Å². The number of anilines is 3. The summed E-state index contributed by atoms with van der Waals surface area (Å²) in [6, 6.07) is 15.4. The highest BCUT2D eigenvalue weighted by atomic mass is 16.5. The molecule has 0 aliphatic heterocycles. The summed E-state index contributed by atoms with van der Waals surface area (Å²) < 4.78 is 5.49. The monoisotopic (exact) mass is 447 g/mol. The van der Waals surface area contributed by atoms with Crippen LogP contribution < -0.4 is 26.2 Å². The Morgan fingerprint density at radius 2 is 1.64 bits per heavy atom. The lowest BCUT2D eigenvalue weighted by Crippen LogP contribution is -2.41. The Labute approximate surface area is 193 Å². The second kappa shape index (κ2) is 9.48. The van der Waals surface area contributed by atoms with E-state index in [9.17, 15) is 14.4 Å². The molecule has 3 aromatic carbocycles. The van der Waals surface area contributed by atoms with Gasteiger partial charge in [0, 0.05) is 26.1 Å². The van der Waals surface area contributed by atoms with Crippen molar-refractivity contribution in [2.45, 2.75) is 37.6 Å². The van der Waals surface area contributed by atoms with Crippen LogP contribution in [-0.4, -0.2) is 38.1 Å². The van der Waals surface area contributed by atoms with Crippen molar-refractivity contribution >= 4 is 23.0 Å². The van der Waals surface area contributed by atoms with Crippen LogP contribution in [0, 0.1) is 0 Å². The molecule has 0 radical (unpaired) electrons. The molecule has 1 aliphatic rings. The van der Waals surface area contributed by atoms with Gasteiger partial charge in [0.15, 0.2) is 5.75 Å². The van der Waals surface area contributed by atoms with Gasteiger partial charge in [-0.1, -0.05) is 49.2 Å². The minimum atomic E-state index is -0.573. The average Bonchev–Trinajstić information content (AvgIpc) is 2.85. The van der Waals surface area contributed by atoms with Crippen LogP contribution in [0.25, 0.3) is 0 Å². The summed E-state index contributed by atoms with van der Waals surface area (Å²) in [6.45, 7) is 0. The molecule has 3 aromatic rings. The summed E-state index contributed by atoms with van der Waals surface area (Å²) in [5.41, 5.74) is 1.50. The van der Waals surface area contributed by atoms with Gasteiger partial charge >= 0.3 is 0 Å². The fraction of sp³-hybridized carbons (Fsp3) is 0.346. The molecule has 0 aromatic heterocycles. The minimum Gasteiger partial charge on any atom is -0.494 e. The molecule has 0 heterocycles. The SMILES string of the molecule is COc1c(Nc2c(N[C@@H]3CCCC[C@H]3c3ccccc3)c(=O)c2=O)cccc1C(=O)N(C)C. The van der Waals surface area contributed by atoms with Crippen molar-refractivity contribution in [2.75, 3.05) is 31.8 Å². The maximum Gasteiger partial charge on any atom is 0.257 e. The Hall–Kier alpha value is -3.61. The molecule has 33 heavy (non-hydrogen) atoms. The van der Waals surface area contributed by atoms with Crippen molar-refractivity contribution in [3.8, 4) is 5.75 Å². The summed E-state index contributed by atoms with van der Waals surface area (Å²) >= 11 is 0. The summed E-state index contributed by atoms with van der Waals surface area (Å²) in [6.07, 6.45) is 4.16. The second-order valence-electron chi connectivity index (χ2n) is 8.67. The van der Waals surface area contributed by atoms with Crippen molar-refractivity contribution in [1.29, 1.82) is 0 Å². The summed E-state index contributed by atoms with van der Waals surface area (Å²) in [5.74, 6) is 0.384. The zero-order valence-electron chi connectivity index (χ0n) is 19.2. The zero-order chi connectivity index (χ0) is 23.5. The molecule has 2 N–H and O–H groups in total.